The van der Waals surface area contributed by atoms with Crippen LogP contribution in [0.15, 0.2) is 48.8 Å². The van der Waals surface area contributed by atoms with Crippen molar-refractivity contribution in [1.82, 2.24) is 4.98 Å². The molecule has 0 aliphatic heterocycles. The lowest BCUT2D eigenvalue weighted by molar-refractivity contribution is 0.698. The third-order valence-corrected chi connectivity index (χ3v) is 2.79. The van der Waals surface area contributed by atoms with E-state index in [1.165, 1.54) is 0 Å². The number of pyridine rings is 1. The number of rotatable bonds is 2. The van der Waals surface area contributed by atoms with Gasteiger partial charge in [0.25, 0.3) is 0 Å². The Kier molecular flexibility index (Phi) is 4.11. The van der Waals surface area contributed by atoms with Crippen LogP contribution in [0.4, 0.5) is 0 Å². The third kappa shape index (κ3) is 3.19. The van der Waals surface area contributed by atoms with E-state index in [2.05, 4.69) is 29.8 Å². The number of benzene rings is 1. The van der Waals surface area contributed by atoms with Gasteiger partial charge in [0.05, 0.1) is 0 Å². The zero-order chi connectivity index (χ0) is 12.8. The van der Waals surface area contributed by atoms with Crippen molar-refractivity contribution in [3.63, 3.8) is 0 Å². The number of nitrogens with two attached hydrogens (primary N) is 1. The van der Waals surface area contributed by atoms with Crippen molar-refractivity contribution in [1.29, 1.82) is 0 Å². The van der Waals surface area contributed by atoms with Gasteiger partial charge in [-0.15, -0.1) is 0 Å². The van der Waals surface area contributed by atoms with Crippen molar-refractivity contribution in [2.45, 2.75) is 19.4 Å². The van der Waals surface area contributed by atoms with E-state index in [-0.39, 0.29) is 6.04 Å². The van der Waals surface area contributed by atoms with Crippen LogP contribution in [0.3, 0.4) is 0 Å². The first-order valence-corrected chi connectivity index (χ1v) is 6.07. The molecule has 1 atom stereocenters. The molecule has 2 rings (SSSR count). The molecule has 1 unspecified atom stereocenters. The Morgan fingerprint density at radius 2 is 1.83 bits per heavy atom. The van der Waals surface area contributed by atoms with Gasteiger partial charge in [0.15, 0.2) is 0 Å². The lowest BCUT2D eigenvalue weighted by atomic mass is 10.0. The topological polar surface area (TPSA) is 38.9 Å². The molecule has 0 bridgehead atoms. The van der Waals surface area contributed by atoms with Crippen LogP contribution in [0.1, 0.15) is 36.1 Å². The first kappa shape index (κ1) is 12.3. The maximum Gasteiger partial charge on any atom is 0.0292 e. The molecule has 0 aliphatic rings. The first-order chi connectivity index (χ1) is 8.79. The first-order valence-electron chi connectivity index (χ1n) is 6.07. The highest BCUT2D eigenvalue weighted by atomic mass is 14.6. The molecule has 18 heavy (non-hydrogen) atoms. The molecule has 2 nitrogen and oxygen atoms in total. The average Bonchev–Trinajstić information content (AvgIpc) is 2.45. The van der Waals surface area contributed by atoms with Crippen LogP contribution in [-0.2, 0) is 0 Å². The molecule has 90 valence electrons. The van der Waals surface area contributed by atoms with Gasteiger partial charge in [0.2, 0.25) is 0 Å². The lowest BCUT2D eigenvalue weighted by Crippen LogP contribution is -2.08. The van der Waals surface area contributed by atoms with Crippen LogP contribution < -0.4 is 5.73 Å². The Hall–Kier alpha value is -2.11. The molecule has 0 aliphatic carbocycles. The van der Waals surface area contributed by atoms with Crippen molar-refractivity contribution in [3.8, 4) is 11.8 Å². The predicted molar refractivity (Wildman–Crippen MR) is 73.9 cm³/mol. The van der Waals surface area contributed by atoms with E-state index in [4.69, 9.17) is 5.73 Å². The Morgan fingerprint density at radius 3 is 2.56 bits per heavy atom. The van der Waals surface area contributed by atoms with Gasteiger partial charge in [0, 0.05) is 29.6 Å². The molecule has 1 heterocycles. The lowest BCUT2D eigenvalue weighted by Gasteiger charge is -2.08. The Balaban J connectivity index is 2.23. The number of hydrogen-bond acceptors (Lipinski definition) is 2. The predicted octanol–water partition coefficient (Wildman–Crippen LogP) is 2.89. The highest BCUT2D eigenvalue weighted by Crippen LogP contribution is 2.14. The van der Waals surface area contributed by atoms with E-state index < -0.39 is 0 Å². The summed E-state index contributed by atoms with van der Waals surface area (Å²) in [7, 11) is 0. The summed E-state index contributed by atoms with van der Waals surface area (Å²) in [6.45, 7) is 2.08. The van der Waals surface area contributed by atoms with E-state index in [1.807, 2.05) is 30.3 Å². The fourth-order valence-electron chi connectivity index (χ4n) is 1.66. The van der Waals surface area contributed by atoms with E-state index in [9.17, 15) is 0 Å². The summed E-state index contributed by atoms with van der Waals surface area (Å²) in [6, 6.07) is 12.0. The molecule has 0 saturated carbocycles. The van der Waals surface area contributed by atoms with Gasteiger partial charge in [-0.05, 0) is 36.2 Å². The van der Waals surface area contributed by atoms with Crippen molar-refractivity contribution in [3.05, 3.63) is 65.5 Å². The summed E-state index contributed by atoms with van der Waals surface area (Å²) in [5.41, 5.74) is 9.11. The Labute approximate surface area is 108 Å². The smallest absolute Gasteiger partial charge is 0.0292 e. The molecule has 0 saturated heterocycles. The Bertz CT molecular complexity index is 564. The van der Waals surface area contributed by atoms with Gasteiger partial charge in [0.1, 0.15) is 0 Å². The van der Waals surface area contributed by atoms with Crippen molar-refractivity contribution in [2.75, 3.05) is 0 Å². The van der Waals surface area contributed by atoms with Crippen LogP contribution in [-0.4, -0.2) is 4.98 Å². The summed E-state index contributed by atoms with van der Waals surface area (Å²) in [5, 5.41) is 0. The van der Waals surface area contributed by atoms with E-state index in [0.717, 1.165) is 23.1 Å². The molecule has 1 aromatic carbocycles. The molecule has 0 fully saturated rings. The third-order valence-electron chi connectivity index (χ3n) is 2.79. The summed E-state index contributed by atoms with van der Waals surface area (Å²) in [6.07, 6.45) is 4.42. The molecule has 0 amide bonds. The van der Waals surface area contributed by atoms with Crippen LogP contribution in [0.25, 0.3) is 0 Å². The van der Waals surface area contributed by atoms with Crippen molar-refractivity contribution >= 4 is 0 Å². The average molecular weight is 236 g/mol. The van der Waals surface area contributed by atoms with E-state index in [1.54, 1.807) is 12.4 Å². The standard InChI is InChI=1S/C16H16N2/c1-2-16(17)15-5-3-4-14(12-15)7-6-13-8-10-18-11-9-13/h3-5,8-12,16H,2,17H2,1H3. The van der Waals surface area contributed by atoms with Gasteiger partial charge >= 0.3 is 0 Å². The summed E-state index contributed by atoms with van der Waals surface area (Å²) in [4.78, 5) is 3.96. The fraction of sp³-hybridized carbons (Fsp3) is 0.188. The molecule has 1 aromatic heterocycles. The van der Waals surface area contributed by atoms with Gasteiger partial charge < -0.3 is 5.73 Å². The molecule has 0 spiro atoms. The largest absolute Gasteiger partial charge is 0.324 e. The fourth-order valence-corrected chi connectivity index (χ4v) is 1.66. The minimum atomic E-state index is 0.0904. The second kappa shape index (κ2) is 6.00. The second-order valence-corrected chi connectivity index (χ2v) is 4.13. The van der Waals surface area contributed by atoms with Gasteiger partial charge in [-0.1, -0.05) is 30.9 Å². The highest BCUT2D eigenvalue weighted by molar-refractivity contribution is 5.43. The molecule has 2 N–H and O–H groups in total. The number of nitrogens with zero attached hydrogens (tertiary/aromatic N) is 1. The van der Waals surface area contributed by atoms with Crippen LogP contribution in [0.5, 0.6) is 0 Å². The zero-order valence-electron chi connectivity index (χ0n) is 10.4. The number of aromatic nitrogens is 1. The summed E-state index contributed by atoms with van der Waals surface area (Å²) >= 11 is 0. The van der Waals surface area contributed by atoms with Crippen molar-refractivity contribution < 1.29 is 0 Å². The normalized spacial score (nSPS) is 11.4. The van der Waals surface area contributed by atoms with Crippen molar-refractivity contribution in [2.24, 2.45) is 5.73 Å². The monoisotopic (exact) mass is 236 g/mol. The summed E-state index contributed by atoms with van der Waals surface area (Å²) < 4.78 is 0. The molecular weight excluding hydrogens is 220 g/mol. The molecule has 2 heteroatoms. The van der Waals surface area contributed by atoms with Crippen LogP contribution in [0.2, 0.25) is 0 Å². The maximum absolute atomic E-state index is 6.01. The van der Waals surface area contributed by atoms with Gasteiger partial charge in [-0.3, -0.25) is 4.98 Å². The molecule has 0 radical (unpaired) electrons. The molecular formula is C16H16N2. The van der Waals surface area contributed by atoms with Crippen LogP contribution >= 0.6 is 0 Å². The second-order valence-electron chi connectivity index (χ2n) is 4.13. The SMILES string of the molecule is CCC(N)c1cccc(C#Cc2ccncc2)c1. The van der Waals surface area contributed by atoms with Crippen LogP contribution in [0, 0.1) is 11.8 Å². The van der Waals surface area contributed by atoms with E-state index >= 15 is 0 Å². The number of hydrogen-bond donors (Lipinski definition) is 1. The minimum Gasteiger partial charge on any atom is -0.324 e. The minimum absolute atomic E-state index is 0.0904. The van der Waals surface area contributed by atoms with E-state index in [0.29, 0.717) is 0 Å². The van der Waals surface area contributed by atoms with Gasteiger partial charge in [-0.2, -0.15) is 0 Å². The highest BCUT2D eigenvalue weighted by Gasteiger charge is 2.02. The Morgan fingerprint density at radius 1 is 1.11 bits per heavy atom. The quantitative estimate of drug-likeness (QED) is 0.814. The summed E-state index contributed by atoms with van der Waals surface area (Å²) in [5.74, 6) is 6.26. The zero-order valence-corrected chi connectivity index (χ0v) is 10.4. The maximum atomic E-state index is 6.01. The van der Waals surface area contributed by atoms with Gasteiger partial charge in [-0.25, -0.2) is 0 Å². The molecule has 2 aromatic rings.